The van der Waals surface area contributed by atoms with Crippen LogP contribution in [0, 0.1) is 0 Å². The van der Waals surface area contributed by atoms with Gasteiger partial charge in [-0.05, 0) is 33.1 Å². The van der Waals surface area contributed by atoms with E-state index in [0.29, 0.717) is 31.1 Å². The number of allylic oxidation sites excluding steroid dienone is 1. The summed E-state index contributed by atoms with van der Waals surface area (Å²) in [5.74, 6) is 0. The van der Waals surface area contributed by atoms with Crippen molar-refractivity contribution >= 4 is 0 Å². The SMILES string of the molecule is C/C=C/N(C)N(C)C(C)N1CCC(N[C@H]2C[C@H](F)C2)C1. The Bertz CT molecular complexity index is 330. The molecule has 0 spiro atoms. The van der Waals surface area contributed by atoms with Gasteiger partial charge in [0.2, 0.25) is 0 Å². The first-order valence-corrected chi connectivity index (χ1v) is 7.73. The highest BCUT2D eigenvalue weighted by Gasteiger charge is 2.34. The van der Waals surface area contributed by atoms with Crippen LogP contribution in [0.2, 0.25) is 0 Å². The average Bonchev–Trinajstić information content (AvgIpc) is 2.84. The first-order valence-electron chi connectivity index (χ1n) is 7.73. The first-order chi connectivity index (χ1) is 9.51. The molecule has 1 N–H and O–H groups in total. The summed E-state index contributed by atoms with van der Waals surface area (Å²) in [7, 11) is 4.18. The molecule has 2 unspecified atom stereocenters. The Kier molecular flexibility index (Phi) is 5.41. The molecule has 2 rings (SSSR count). The number of likely N-dealkylation sites (tertiary alicyclic amines) is 1. The predicted octanol–water partition coefficient (Wildman–Crippen LogP) is 1.81. The van der Waals surface area contributed by atoms with Crippen molar-refractivity contribution in [2.75, 3.05) is 27.2 Å². The lowest BCUT2D eigenvalue weighted by Gasteiger charge is -2.38. The monoisotopic (exact) mass is 284 g/mol. The summed E-state index contributed by atoms with van der Waals surface area (Å²) in [4.78, 5) is 2.49. The Hall–Kier alpha value is -0.650. The molecule has 1 saturated heterocycles. The number of rotatable bonds is 6. The predicted molar refractivity (Wildman–Crippen MR) is 80.8 cm³/mol. The molecule has 1 saturated carbocycles. The van der Waals surface area contributed by atoms with Crippen LogP contribution in [0.5, 0.6) is 0 Å². The van der Waals surface area contributed by atoms with Gasteiger partial charge in [0.25, 0.3) is 0 Å². The number of nitrogens with zero attached hydrogens (tertiary/aromatic N) is 3. The van der Waals surface area contributed by atoms with Crippen LogP contribution < -0.4 is 5.32 Å². The van der Waals surface area contributed by atoms with Crippen LogP contribution in [-0.4, -0.2) is 66.5 Å². The minimum absolute atomic E-state index is 0.373. The first kappa shape index (κ1) is 15.7. The summed E-state index contributed by atoms with van der Waals surface area (Å²) >= 11 is 0. The van der Waals surface area contributed by atoms with Gasteiger partial charge >= 0.3 is 0 Å². The van der Waals surface area contributed by atoms with Gasteiger partial charge in [-0.1, -0.05) is 6.08 Å². The zero-order chi connectivity index (χ0) is 14.7. The third-order valence-corrected chi connectivity index (χ3v) is 4.70. The molecule has 116 valence electrons. The molecule has 4 nitrogen and oxygen atoms in total. The second-order valence-electron chi connectivity index (χ2n) is 6.17. The molecule has 2 atom stereocenters. The Balaban J connectivity index is 1.76. The Morgan fingerprint density at radius 3 is 2.60 bits per heavy atom. The van der Waals surface area contributed by atoms with Crippen molar-refractivity contribution in [1.82, 2.24) is 20.2 Å². The van der Waals surface area contributed by atoms with E-state index in [1.54, 1.807) is 0 Å². The normalized spacial score (nSPS) is 32.8. The van der Waals surface area contributed by atoms with E-state index in [-0.39, 0.29) is 0 Å². The third kappa shape index (κ3) is 3.71. The molecule has 0 aromatic heterocycles. The fraction of sp³-hybridized carbons (Fsp3) is 0.867. The number of hydrogen-bond donors (Lipinski definition) is 1. The minimum Gasteiger partial charge on any atom is -0.315 e. The maximum absolute atomic E-state index is 12.8. The molecular formula is C15H29FN4. The molecule has 1 aliphatic carbocycles. The zero-order valence-electron chi connectivity index (χ0n) is 13.2. The number of alkyl halides is 1. The van der Waals surface area contributed by atoms with Crippen LogP contribution in [0.3, 0.4) is 0 Å². The maximum Gasteiger partial charge on any atom is 0.103 e. The Morgan fingerprint density at radius 1 is 1.30 bits per heavy atom. The largest absolute Gasteiger partial charge is 0.315 e. The summed E-state index contributed by atoms with van der Waals surface area (Å²) in [6, 6.07) is 0.934. The van der Waals surface area contributed by atoms with Crippen molar-refractivity contribution in [3.63, 3.8) is 0 Å². The molecule has 1 aliphatic heterocycles. The lowest BCUT2D eigenvalue weighted by Crippen LogP contribution is -2.51. The van der Waals surface area contributed by atoms with Crippen LogP contribution in [0.15, 0.2) is 12.3 Å². The molecule has 20 heavy (non-hydrogen) atoms. The Morgan fingerprint density at radius 2 is 2.00 bits per heavy atom. The molecule has 0 amide bonds. The summed E-state index contributed by atoms with van der Waals surface area (Å²) in [5.41, 5.74) is 0. The van der Waals surface area contributed by atoms with E-state index in [2.05, 4.69) is 47.5 Å². The topological polar surface area (TPSA) is 21.8 Å². The number of nitrogens with one attached hydrogen (secondary N) is 1. The van der Waals surface area contributed by atoms with Crippen molar-refractivity contribution in [2.24, 2.45) is 0 Å². The standard InChI is InChI=1S/C15H29FN4/c1-5-7-18(3)19(4)12(2)20-8-6-14(11-20)17-15-9-13(16)10-15/h5,7,12-15,17H,6,8-11H2,1-4H3/b7-5+/t12?,13-,14?,15-. The van der Waals surface area contributed by atoms with Crippen LogP contribution in [-0.2, 0) is 0 Å². The maximum atomic E-state index is 12.8. The highest BCUT2D eigenvalue weighted by molar-refractivity contribution is 4.91. The molecule has 0 aromatic rings. The fourth-order valence-electron chi connectivity index (χ4n) is 3.10. The van der Waals surface area contributed by atoms with Gasteiger partial charge in [-0.15, -0.1) is 0 Å². The molecule has 0 bridgehead atoms. The van der Waals surface area contributed by atoms with Gasteiger partial charge in [0, 0.05) is 45.5 Å². The van der Waals surface area contributed by atoms with E-state index in [4.69, 9.17) is 0 Å². The number of hydrogen-bond acceptors (Lipinski definition) is 4. The van der Waals surface area contributed by atoms with Gasteiger partial charge < -0.3 is 10.3 Å². The average molecular weight is 284 g/mol. The second kappa shape index (κ2) is 6.87. The third-order valence-electron chi connectivity index (χ3n) is 4.70. The van der Waals surface area contributed by atoms with E-state index in [0.717, 1.165) is 13.1 Å². The van der Waals surface area contributed by atoms with E-state index in [1.807, 2.05) is 13.0 Å². The minimum atomic E-state index is -0.565. The molecule has 0 aromatic carbocycles. The van der Waals surface area contributed by atoms with E-state index in [1.165, 1.54) is 6.42 Å². The lowest BCUT2D eigenvalue weighted by atomic mass is 9.90. The van der Waals surface area contributed by atoms with Gasteiger partial charge in [0.15, 0.2) is 0 Å². The zero-order valence-corrected chi connectivity index (χ0v) is 13.2. The van der Waals surface area contributed by atoms with Gasteiger partial charge in [0.05, 0.1) is 6.17 Å². The van der Waals surface area contributed by atoms with Gasteiger partial charge in [-0.2, -0.15) is 0 Å². The highest BCUT2D eigenvalue weighted by atomic mass is 19.1. The summed E-state index contributed by atoms with van der Waals surface area (Å²) in [5, 5.41) is 7.95. The van der Waals surface area contributed by atoms with Crippen molar-refractivity contribution < 1.29 is 4.39 Å². The molecular weight excluding hydrogens is 255 g/mol. The Labute approximate surface area is 122 Å². The van der Waals surface area contributed by atoms with Gasteiger partial charge in [-0.3, -0.25) is 4.90 Å². The smallest absolute Gasteiger partial charge is 0.103 e. The van der Waals surface area contributed by atoms with Crippen LogP contribution in [0.1, 0.15) is 33.1 Å². The van der Waals surface area contributed by atoms with Gasteiger partial charge in [-0.25, -0.2) is 9.40 Å². The lowest BCUT2D eigenvalue weighted by molar-refractivity contribution is -0.0340. The van der Waals surface area contributed by atoms with Crippen LogP contribution in [0.25, 0.3) is 0 Å². The van der Waals surface area contributed by atoms with Gasteiger partial charge in [0.1, 0.15) is 6.17 Å². The van der Waals surface area contributed by atoms with Crippen molar-refractivity contribution in [2.45, 2.75) is 57.5 Å². The molecule has 0 radical (unpaired) electrons. The second-order valence-corrected chi connectivity index (χ2v) is 6.17. The van der Waals surface area contributed by atoms with E-state index in [9.17, 15) is 4.39 Å². The van der Waals surface area contributed by atoms with Crippen molar-refractivity contribution in [3.8, 4) is 0 Å². The van der Waals surface area contributed by atoms with E-state index >= 15 is 0 Å². The molecule has 2 aliphatic rings. The summed E-state index contributed by atoms with van der Waals surface area (Å²) in [6.45, 7) is 6.44. The molecule has 2 fully saturated rings. The summed E-state index contributed by atoms with van der Waals surface area (Å²) in [6.07, 6.45) is 6.49. The van der Waals surface area contributed by atoms with Crippen LogP contribution >= 0.6 is 0 Å². The van der Waals surface area contributed by atoms with E-state index < -0.39 is 6.17 Å². The van der Waals surface area contributed by atoms with Crippen molar-refractivity contribution in [3.05, 3.63) is 12.3 Å². The summed E-state index contributed by atoms with van der Waals surface area (Å²) < 4.78 is 12.8. The fourth-order valence-corrected chi connectivity index (χ4v) is 3.10. The quantitative estimate of drug-likeness (QED) is 0.751. The highest BCUT2D eigenvalue weighted by Crippen LogP contribution is 2.25. The number of halogens is 1. The molecule has 1 heterocycles. The van der Waals surface area contributed by atoms with Crippen molar-refractivity contribution in [1.29, 1.82) is 0 Å². The molecule has 5 heteroatoms. The number of hydrazine groups is 1. The van der Waals surface area contributed by atoms with Crippen LogP contribution in [0.4, 0.5) is 4.39 Å².